The van der Waals surface area contributed by atoms with Crippen molar-refractivity contribution < 1.29 is 19.1 Å². The highest BCUT2D eigenvalue weighted by Gasteiger charge is 2.24. The molecule has 0 aliphatic carbocycles. The summed E-state index contributed by atoms with van der Waals surface area (Å²) >= 11 is 0. The number of hydrogen-bond donors (Lipinski definition) is 1. The van der Waals surface area contributed by atoms with Crippen LogP contribution in [0.25, 0.3) is 0 Å². The van der Waals surface area contributed by atoms with Crippen molar-refractivity contribution in [3.8, 4) is 11.5 Å². The lowest BCUT2D eigenvalue weighted by atomic mass is 10.2. The van der Waals surface area contributed by atoms with Gasteiger partial charge >= 0.3 is 0 Å². The Labute approximate surface area is 170 Å². The van der Waals surface area contributed by atoms with Crippen LogP contribution in [0, 0.1) is 0 Å². The normalized spacial score (nSPS) is 18.9. The second-order valence-corrected chi connectivity index (χ2v) is 7.24. The second-order valence-electron chi connectivity index (χ2n) is 7.24. The van der Waals surface area contributed by atoms with Gasteiger partial charge in [-0.15, -0.1) is 0 Å². The molecule has 0 bridgehead atoms. The highest BCUT2D eigenvalue weighted by atomic mass is 16.6. The summed E-state index contributed by atoms with van der Waals surface area (Å²) in [5.74, 6) is 1.44. The molecule has 7 heteroatoms. The molecule has 2 aliphatic heterocycles. The number of fused-ring (bicyclic) bond motifs is 1. The van der Waals surface area contributed by atoms with Crippen molar-refractivity contribution in [3.05, 3.63) is 60.2 Å². The van der Waals surface area contributed by atoms with Crippen molar-refractivity contribution in [1.29, 1.82) is 0 Å². The lowest BCUT2D eigenvalue weighted by Crippen LogP contribution is -2.52. The fourth-order valence-corrected chi connectivity index (χ4v) is 3.52. The second kappa shape index (κ2) is 8.96. The summed E-state index contributed by atoms with van der Waals surface area (Å²) < 4.78 is 11.5. The number of ether oxygens (including phenoxy) is 2. The smallest absolute Gasteiger partial charge is 0.253 e. The van der Waals surface area contributed by atoms with E-state index in [1.165, 1.54) is 0 Å². The van der Waals surface area contributed by atoms with Crippen LogP contribution in [0.15, 0.2) is 54.6 Å². The third-order valence-corrected chi connectivity index (χ3v) is 5.14. The number of nitrogens with one attached hydrogen (secondary N) is 1. The zero-order chi connectivity index (χ0) is 20.1. The molecule has 2 heterocycles. The van der Waals surface area contributed by atoms with Gasteiger partial charge in [-0.25, -0.2) is 0 Å². The van der Waals surface area contributed by atoms with Crippen molar-refractivity contribution in [2.45, 2.75) is 6.10 Å². The fourth-order valence-electron chi connectivity index (χ4n) is 3.52. The van der Waals surface area contributed by atoms with Gasteiger partial charge < -0.3 is 19.7 Å². The Balaban J connectivity index is 1.18. The van der Waals surface area contributed by atoms with Crippen LogP contribution < -0.4 is 14.8 Å². The van der Waals surface area contributed by atoms with Gasteiger partial charge in [-0.1, -0.05) is 30.3 Å². The number of para-hydroxylation sites is 2. The van der Waals surface area contributed by atoms with E-state index in [0.717, 1.165) is 5.75 Å². The van der Waals surface area contributed by atoms with Crippen molar-refractivity contribution in [2.75, 3.05) is 45.9 Å². The molecular weight excluding hydrogens is 370 g/mol. The van der Waals surface area contributed by atoms with Crippen LogP contribution in [0.4, 0.5) is 0 Å². The zero-order valence-corrected chi connectivity index (χ0v) is 16.3. The first-order chi connectivity index (χ1) is 14.2. The van der Waals surface area contributed by atoms with E-state index in [1.54, 1.807) is 0 Å². The van der Waals surface area contributed by atoms with Gasteiger partial charge in [0.2, 0.25) is 5.91 Å². The molecule has 0 saturated carbocycles. The van der Waals surface area contributed by atoms with Gasteiger partial charge in [0.1, 0.15) is 12.7 Å². The number of benzene rings is 2. The SMILES string of the molecule is O=C(CN1CCN(C(=O)c2ccccc2)CC1)NC[C@H]1COc2ccccc2O1. The molecule has 7 nitrogen and oxygen atoms in total. The number of amides is 2. The average molecular weight is 395 g/mol. The molecule has 1 N–H and O–H groups in total. The van der Waals surface area contributed by atoms with Crippen LogP contribution in [-0.2, 0) is 4.79 Å². The van der Waals surface area contributed by atoms with E-state index in [-0.39, 0.29) is 17.9 Å². The maximum Gasteiger partial charge on any atom is 0.253 e. The Hall–Kier alpha value is -3.06. The van der Waals surface area contributed by atoms with Gasteiger partial charge in [0.25, 0.3) is 5.91 Å². The molecule has 2 amide bonds. The lowest BCUT2D eigenvalue weighted by Gasteiger charge is -2.34. The van der Waals surface area contributed by atoms with E-state index < -0.39 is 0 Å². The van der Waals surface area contributed by atoms with E-state index in [9.17, 15) is 9.59 Å². The molecule has 0 radical (unpaired) electrons. The zero-order valence-electron chi connectivity index (χ0n) is 16.3. The molecule has 2 aromatic rings. The minimum absolute atomic E-state index is 0.0458. The predicted molar refractivity (Wildman–Crippen MR) is 108 cm³/mol. The van der Waals surface area contributed by atoms with Gasteiger partial charge in [-0.2, -0.15) is 0 Å². The number of hydrogen-bond acceptors (Lipinski definition) is 5. The maximum atomic E-state index is 12.5. The largest absolute Gasteiger partial charge is 0.486 e. The van der Waals surface area contributed by atoms with E-state index >= 15 is 0 Å². The Bertz CT molecular complexity index is 850. The molecule has 1 atom stereocenters. The summed E-state index contributed by atoms with van der Waals surface area (Å²) in [6.07, 6.45) is -0.200. The van der Waals surface area contributed by atoms with Gasteiger partial charge in [-0.3, -0.25) is 14.5 Å². The van der Waals surface area contributed by atoms with Crippen molar-refractivity contribution in [2.24, 2.45) is 0 Å². The molecule has 2 aliphatic rings. The van der Waals surface area contributed by atoms with E-state index in [1.807, 2.05) is 59.5 Å². The molecular formula is C22H25N3O4. The summed E-state index contributed by atoms with van der Waals surface area (Å²) in [6.45, 7) is 3.74. The van der Waals surface area contributed by atoms with Crippen LogP contribution in [-0.4, -0.2) is 73.6 Å². The van der Waals surface area contributed by atoms with Gasteiger partial charge in [0.05, 0.1) is 13.1 Å². The third-order valence-electron chi connectivity index (χ3n) is 5.14. The topological polar surface area (TPSA) is 71.1 Å². The number of nitrogens with zero attached hydrogens (tertiary/aromatic N) is 2. The maximum absolute atomic E-state index is 12.5. The number of rotatable bonds is 5. The molecule has 1 fully saturated rings. The lowest BCUT2D eigenvalue weighted by molar-refractivity contribution is -0.123. The number of piperazine rings is 1. The van der Waals surface area contributed by atoms with Crippen LogP contribution in [0.2, 0.25) is 0 Å². The van der Waals surface area contributed by atoms with Gasteiger partial charge in [0.15, 0.2) is 11.5 Å². The Morgan fingerprint density at radius 1 is 0.931 bits per heavy atom. The Morgan fingerprint density at radius 2 is 1.62 bits per heavy atom. The molecule has 0 spiro atoms. The van der Waals surface area contributed by atoms with Gasteiger partial charge in [-0.05, 0) is 24.3 Å². The highest BCUT2D eigenvalue weighted by molar-refractivity contribution is 5.94. The minimum atomic E-state index is -0.200. The molecule has 1 saturated heterocycles. The van der Waals surface area contributed by atoms with E-state index in [4.69, 9.17) is 9.47 Å². The standard InChI is InChI=1S/C22H25N3O4/c26-21(23-14-18-16-28-19-8-4-5-9-20(19)29-18)15-24-10-12-25(13-11-24)22(27)17-6-2-1-3-7-17/h1-9,18H,10-16H2,(H,23,26)/t18-/m0/s1. The van der Waals surface area contributed by atoms with Crippen molar-refractivity contribution >= 4 is 11.8 Å². The van der Waals surface area contributed by atoms with Crippen LogP contribution in [0.3, 0.4) is 0 Å². The fraction of sp³-hybridized carbons (Fsp3) is 0.364. The van der Waals surface area contributed by atoms with Crippen LogP contribution in [0.5, 0.6) is 11.5 Å². The molecule has 0 unspecified atom stereocenters. The first-order valence-corrected chi connectivity index (χ1v) is 9.91. The minimum Gasteiger partial charge on any atom is -0.486 e. The summed E-state index contributed by atoms with van der Waals surface area (Å²) in [6, 6.07) is 16.8. The molecule has 0 aromatic heterocycles. The van der Waals surface area contributed by atoms with Crippen molar-refractivity contribution in [1.82, 2.24) is 15.1 Å². The van der Waals surface area contributed by atoms with Crippen molar-refractivity contribution in [3.63, 3.8) is 0 Å². The number of carbonyl (C=O) groups excluding carboxylic acids is 2. The average Bonchev–Trinajstić information content (AvgIpc) is 2.78. The van der Waals surface area contributed by atoms with Gasteiger partial charge in [0, 0.05) is 31.7 Å². The van der Waals surface area contributed by atoms with Crippen LogP contribution >= 0.6 is 0 Å². The van der Waals surface area contributed by atoms with Crippen LogP contribution in [0.1, 0.15) is 10.4 Å². The predicted octanol–water partition coefficient (Wildman–Crippen LogP) is 1.40. The highest BCUT2D eigenvalue weighted by Crippen LogP contribution is 2.30. The summed E-state index contributed by atoms with van der Waals surface area (Å²) in [4.78, 5) is 28.7. The Morgan fingerprint density at radius 3 is 2.38 bits per heavy atom. The first kappa shape index (κ1) is 19.3. The summed E-state index contributed by atoms with van der Waals surface area (Å²) in [7, 11) is 0. The van der Waals surface area contributed by atoms with E-state index in [2.05, 4.69) is 10.2 Å². The third kappa shape index (κ3) is 4.86. The summed E-state index contributed by atoms with van der Waals surface area (Å²) in [5, 5.41) is 2.92. The number of carbonyl (C=O) groups is 2. The molecule has 152 valence electrons. The Kier molecular flexibility index (Phi) is 5.95. The first-order valence-electron chi connectivity index (χ1n) is 9.91. The molecule has 2 aromatic carbocycles. The monoisotopic (exact) mass is 395 g/mol. The summed E-state index contributed by atoms with van der Waals surface area (Å²) in [5.41, 5.74) is 0.704. The molecule has 4 rings (SSSR count). The quantitative estimate of drug-likeness (QED) is 0.829. The van der Waals surface area contributed by atoms with E-state index in [0.29, 0.717) is 57.2 Å². The molecule has 29 heavy (non-hydrogen) atoms.